The average Bonchev–Trinajstić information content (AvgIpc) is 2.82. The molecule has 0 amide bonds. The molecule has 0 heterocycles. The van der Waals surface area contributed by atoms with Gasteiger partial charge in [0.05, 0.1) is 11.8 Å². The van der Waals surface area contributed by atoms with E-state index in [0.29, 0.717) is 12.8 Å². The van der Waals surface area contributed by atoms with E-state index in [1.807, 2.05) is 18.2 Å². The molecule has 3 rings (SSSR count). The quantitative estimate of drug-likeness (QED) is 0.213. The zero-order chi connectivity index (χ0) is 21.1. The van der Waals surface area contributed by atoms with E-state index in [-0.39, 0.29) is 0 Å². The van der Waals surface area contributed by atoms with Gasteiger partial charge in [0, 0.05) is 12.8 Å². The molecule has 3 aromatic carbocycles. The third-order valence-electron chi connectivity index (χ3n) is 5.20. The minimum absolute atomic E-state index is 0.461. The number of nitrogens with zero attached hydrogens (tertiary/aromatic N) is 2. The van der Waals surface area contributed by atoms with Crippen LogP contribution < -0.4 is 15.6 Å². The van der Waals surface area contributed by atoms with Crippen LogP contribution in [0.4, 0.5) is 0 Å². The number of oxime groups is 1. The van der Waals surface area contributed by atoms with E-state index in [4.69, 9.17) is 14.9 Å². The van der Waals surface area contributed by atoms with Gasteiger partial charge in [-0.15, -0.1) is 5.16 Å². The molecule has 0 radical (unpaired) electrons. The summed E-state index contributed by atoms with van der Waals surface area (Å²) in [6, 6.07) is 33.5. The van der Waals surface area contributed by atoms with Crippen molar-refractivity contribution in [2.45, 2.75) is 39.0 Å². The summed E-state index contributed by atoms with van der Waals surface area (Å²) in [6.07, 6.45) is 4.11. The standard InChI is InChI=1S/C26H28N2OSi/c1-2-3-14-23(15-13-22-27)28-29-30(24-16-7-4-8-17-24,25-18-9-5-10-19-25)26-20-11-6-12-21-26/h4-12,16-21H,2-3,13-15H2,1H3/b28-23+. The molecule has 0 aromatic heterocycles. The number of rotatable bonds is 10. The van der Waals surface area contributed by atoms with E-state index in [2.05, 4.69) is 85.8 Å². The second kappa shape index (κ2) is 11.1. The number of hydrogen-bond donors (Lipinski definition) is 0. The average molecular weight is 413 g/mol. The predicted molar refractivity (Wildman–Crippen MR) is 127 cm³/mol. The predicted octanol–water partition coefficient (Wildman–Crippen LogP) is 4.52. The smallest absolute Gasteiger partial charge is 0.380 e. The Balaban J connectivity index is 2.15. The molecule has 0 N–H and O–H groups in total. The Morgan fingerprint density at radius 1 is 0.800 bits per heavy atom. The molecule has 0 aliphatic carbocycles. The molecule has 0 atom stereocenters. The molecule has 4 heteroatoms. The van der Waals surface area contributed by atoms with Gasteiger partial charge in [0.1, 0.15) is 0 Å². The van der Waals surface area contributed by atoms with Gasteiger partial charge in [0.2, 0.25) is 0 Å². The number of unbranched alkanes of at least 4 members (excludes halogenated alkanes) is 1. The van der Waals surface area contributed by atoms with Crippen molar-refractivity contribution in [2.24, 2.45) is 5.16 Å². The van der Waals surface area contributed by atoms with Crippen molar-refractivity contribution in [1.82, 2.24) is 0 Å². The molecule has 3 nitrogen and oxygen atoms in total. The van der Waals surface area contributed by atoms with Crippen LogP contribution in [0.25, 0.3) is 0 Å². The fraction of sp³-hybridized carbons (Fsp3) is 0.231. The Hall–Kier alpha value is -3.16. The third-order valence-corrected chi connectivity index (χ3v) is 9.00. The molecule has 0 bridgehead atoms. The van der Waals surface area contributed by atoms with Crippen LogP contribution in [0, 0.1) is 11.3 Å². The topological polar surface area (TPSA) is 45.4 Å². The third kappa shape index (κ3) is 5.06. The molecular formula is C26H28N2OSi. The monoisotopic (exact) mass is 412 g/mol. The lowest BCUT2D eigenvalue weighted by molar-refractivity contribution is 0.345. The zero-order valence-electron chi connectivity index (χ0n) is 17.5. The molecule has 0 spiro atoms. The largest absolute Gasteiger partial charge is 0.438 e. The van der Waals surface area contributed by atoms with Crippen molar-refractivity contribution in [3.8, 4) is 6.07 Å². The summed E-state index contributed by atoms with van der Waals surface area (Å²) in [5.74, 6) is 0. The van der Waals surface area contributed by atoms with Crippen molar-refractivity contribution in [3.05, 3.63) is 91.0 Å². The molecule has 0 unspecified atom stereocenters. The van der Waals surface area contributed by atoms with E-state index in [1.165, 1.54) is 0 Å². The van der Waals surface area contributed by atoms with Gasteiger partial charge in [0.25, 0.3) is 0 Å². The molecule has 0 saturated heterocycles. The van der Waals surface area contributed by atoms with Gasteiger partial charge in [0.15, 0.2) is 0 Å². The Morgan fingerprint density at radius 3 is 1.67 bits per heavy atom. The summed E-state index contributed by atoms with van der Waals surface area (Å²) in [5, 5.41) is 17.3. The highest BCUT2D eigenvalue weighted by Crippen LogP contribution is 2.12. The molecular weight excluding hydrogens is 384 g/mol. The molecule has 0 aliphatic heterocycles. The molecule has 0 aliphatic rings. The van der Waals surface area contributed by atoms with Crippen molar-refractivity contribution in [1.29, 1.82) is 5.26 Å². The molecule has 0 fully saturated rings. The maximum Gasteiger partial charge on any atom is 0.380 e. The van der Waals surface area contributed by atoms with E-state index in [0.717, 1.165) is 40.5 Å². The lowest BCUT2D eigenvalue weighted by Gasteiger charge is -2.30. The Labute approximate surface area is 180 Å². The minimum atomic E-state index is -2.84. The Kier molecular flexibility index (Phi) is 7.99. The lowest BCUT2D eigenvalue weighted by Crippen LogP contribution is -2.68. The first-order chi connectivity index (χ1) is 14.8. The summed E-state index contributed by atoms with van der Waals surface area (Å²) >= 11 is 0. The van der Waals surface area contributed by atoms with Gasteiger partial charge in [-0.1, -0.05) is 104 Å². The van der Waals surface area contributed by atoms with Crippen LogP contribution in [0.1, 0.15) is 39.0 Å². The van der Waals surface area contributed by atoms with E-state index < -0.39 is 8.32 Å². The van der Waals surface area contributed by atoms with Gasteiger partial charge in [-0.3, -0.25) is 0 Å². The summed E-state index contributed by atoms with van der Waals surface area (Å²) in [4.78, 5) is 0. The summed E-state index contributed by atoms with van der Waals surface area (Å²) in [7, 11) is -2.84. The van der Waals surface area contributed by atoms with E-state index in [1.54, 1.807) is 0 Å². The zero-order valence-corrected chi connectivity index (χ0v) is 18.5. The highest BCUT2D eigenvalue weighted by molar-refractivity contribution is 7.07. The van der Waals surface area contributed by atoms with E-state index >= 15 is 0 Å². The van der Waals surface area contributed by atoms with Gasteiger partial charge in [-0.05, 0) is 28.4 Å². The first-order valence-corrected chi connectivity index (χ1v) is 12.5. The van der Waals surface area contributed by atoms with Crippen LogP contribution >= 0.6 is 0 Å². The SMILES string of the molecule is CCCC/C(CCC#N)=N\O[Si](c1ccccc1)(c1ccccc1)c1ccccc1. The fourth-order valence-corrected chi connectivity index (χ4v) is 7.17. The van der Waals surface area contributed by atoms with Gasteiger partial charge < -0.3 is 4.53 Å². The van der Waals surface area contributed by atoms with Gasteiger partial charge in [-0.2, -0.15) is 5.26 Å². The first-order valence-electron chi connectivity index (χ1n) is 10.6. The van der Waals surface area contributed by atoms with Crippen LogP contribution in [-0.2, 0) is 4.53 Å². The molecule has 30 heavy (non-hydrogen) atoms. The summed E-state index contributed by atoms with van der Waals surface area (Å²) in [6.45, 7) is 2.17. The minimum Gasteiger partial charge on any atom is -0.438 e. The molecule has 152 valence electrons. The number of hydrogen-bond acceptors (Lipinski definition) is 3. The van der Waals surface area contributed by atoms with Gasteiger partial charge in [-0.25, -0.2) is 0 Å². The van der Waals surface area contributed by atoms with Crippen molar-refractivity contribution in [2.75, 3.05) is 0 Å². The fourth-order valence-electron chi connectivity index (χ4n) is 3.61. The molecule has 3 aromatic rings. The van der Waals surface area contributed by atoms with Crippen molar-refractivity contribution < 1.29 is 4.53 Å². The number of benzene rings is 3. The number of nitriles is 1. The first kappa shape index (κ1) is 21.5. The highest BCUT2D eigenvalue weighted by atomic mass is 28.4. The summed E-state index contributed by atoms with van der Waals surface area (Å²) in [5.41, 5.74) is 0.970. The van der Waals surface area contributed by atoms with Crippen LogP contribution in [0.3, 0.4) is 0 Å². The Morgan fingerprint density at radius 2 is 1.27 bits per heavy atom. The normalized spacial score (nSPS) is 11.7. The van der Waals surface area contributed by atoms with Crippen LogP contribution in [0.5, 0.6) is 0 Å². The van der Waals surface area contributed by atoms with Crippen molar-refractivity contribution in [3.63, 3.8) is 0 Å². The molecule has 0 saturated carbocycles. The van der Waals surface area contributed by atoms with E-state index in [9.17, 15) is 0 Å². The van der Waals surface area contributed by atoms with Crippen LogP contribution in [0.15, 0.2) is 96.2 Å². The van der Waals surface area contributed by atoms with Gasteiger partial charge >= 0.3 is 8.32 Å². The highest BCUT2D eigenvalue weighted by Gasteiger charge is 2.44. The Bertz CT molecular complexity index is 870. The van der Waals surface area contributed by atoms with Crippen LogP contribution in [-0.4, -0.2) is 14.0 Å². The summed E-state index contributed by atoms with van der Waals surface area (Å²) < 4.78 is 6.66. The second-order valence-corrected chi connectivity index (χ2v) is 10.6. The van der Waals surface area contributed by atoms with Crippen LogP contribution in [0.2, 0.25) is 0 Å². The second-order valence-electron chi connectivity index (χ2n) is 7.29. The lowest BCUT2D eigenvalue weighted by atomic mass is 10.1. The maximum atomic E-state index is 9.07. The van der Waals surface area contributed by atoms with Crippen molar-refractivity contribution >= 4 is 29.6 Å². The maximum absolute atomic E-state index is 9.07.